The summed E-state index contributed by atoms with van der Waals surface area (Å²) in [6.07, 6.45) is 1.40. The Labute approximate surface area is 164 Å². The SMILES string of the molecule is Cc1ccc(C(=O)NN2C(=O)/C(=C/c3ccccc3[N+](=O)[O-])SC2=S)cc1. The van der Waals surface area contributed by atoms with E-state index in [2.05, 4.69) is 5.43 Å². The standard InChI is InChI=1S/C18H13N3O4S2/c1-11-6-8-12(9-7-11)16(22)19-20-17(23)15(27-18(20)26)10-13-4-2-3-5-14(13)21(24)25/h2-10H,1H3,(H,19,22)/b15-10-. The minimum absolute atomic E-state index is 0.119. The predicted octanol–water partition coefficient (Wildman–Crippen LogP) is 3.45. The van der Waals surface area contributed by atoms with Crippen LogP contribution in [0.5, 0.6) is 0 Å². The van der Waals surface area contributed by atoms with Crippen molar-refractivity contribution in [1.82, 2.24) is 10.4 Å². The highest BCUT2D eigenvalue weighted by Crippen LogP contribution is 2.33. The molecule has 2 aromatic carbocycles. The summed E-state index contributed by atoms with van der Waals surface area (Å²) < 4.78 is 0.144. The molecule has 1 saturated heterocycles. The molecule has 0 aromatic heterocycles. The third-order valence-electron chi connectivity index (χ3n) is 3.74. The van der Waals surface area contributed by atoms with Gasteiger partial charge < -0.3 is 0 Å². The van der Waals surface area contributed by atoms with Gasteiger partial charge in [0.2, 0.25) is 0 Å². The number of carbonyl (C=O) groups excluding carboxylic acids is 2. The molecule has 0 aliphatic carbocycles. The van der Waals surface area contributed by atoms with Crippen LogP contribution < -0.4 is 5.43 Å². The lowest BCUT2D eigenvalue weighted by Gasteiger charge is -2.15. The van der Waals surface area contributed by atoms with Gasteiger partial charge in [-0.05, 0) is 43.4 Å². The largest absolute Gasteiger partial charge is 0.285 e. The summed E-state index contributed by atoms with van der Waals surface area (Å²) in [4.78, 5) is 35.7. The number of nitrogens with one attached hydrogen (secondary N) is 1. The van der Waals surface area contributed by atoms with Crippen LogP contribution in [0.3, 0.4) is 0 Å². The fourth-order valence-corrected chi connectivity index (χ4v) is 3.52. The third kappa shape index (κ3) is 4.04. The van der Waals surface area contributed by atoms with Crippen LogP contribution in [-0.4, -0.2) is 26.1 Å². The van der Waals surface area contributed by atoms with E-state index in [1.165, 1.54) is 18.2 Å². The number of benzene rings is 2. The summed E-state index contributed by atoms with van der Waals surface area (Å²) in [7, 11) is 0. The number of hydrazine groups is 1. The van der Waals surface area contributed by atoms with Gasteiger partial charge in [0.1, 0.15) is 0 Å². The molecule has 0 bridgehead atoms. The van der Waals surface area contributed by atoms with Crippen LogP contribution in [0.1, 0.15) is 21.5 Å². The number of amides is 2. The fraction of sp³-hybridized carbons (Fsp3) is 0.0556. The average molecular weight is 399 g/mol. The van der Waals surface area contributed by atoms with Gasteiger partial charge in [0, 0.05) is 11.6 Å². The second kappa shape index (κ2) is 7.68. The molecule has 1 aliphatic heterocycles. The summed E-state index contributed by atoms with van der Waals surface area (Å²) in [5.74, 6) is -1.01. The molecule has 2 aromatic rings. The van der Waals surface area contributed by atoms with Crippen molar-refractivity contribution in [2.24, 2.45) is 0 Å². The molecule has 1 aliphatic rings. The molecule has 0 spiro atoms. The Morgan fingerprint density at radius 2 is 1.89 bits per heavy atom. The highest BCUT2D eigenvalue weighted by molar-refractivity contribution is 8.26. The molecular weight excluding hydrogens is 386 g/mol. The minimum atomic E-state index is -0.538. The highest BCUT2D eigenvalue weighted by Gasteiger charge is 2.34. The molecule has 1 heterocycles. The Kier molecular flexibility index (Phi) is 5.33. The lowest BCUT2D eigenvalue weighted by Crippen LogP contribution is -2.44. The number of aryl methyl sites for hydroxylation is 1. The van der Waals surface area contributed by atoms with E-state index in [1.54, 1.807) is 36.4 Å². The first-order valence-corrected chi connectivity index (χ1v) is 8.98. The summed E-state index contributed by atoms with van der Waals surface area (Å²) in [6.45, 7) is 1.90. The first-order chi connectivity index (χ1) is 12.9. The fourth-order valence-electron chi connectivity index (χ4n) is 2.35. The summed E-state index contributed by atoms with van der Waals surface area (Å²) in [5.41, 5.74) is 4.03. The molecular formula is C18H13N3O4S2. The summed E-state index contributed by atoms with van der Waals surface area (Å²) in [6, 6.07) is 12.9. The van der Waals surface area contributed by atoms with E-state index in [1.807, 2.05) is 6.92 Å². The average Bonchev–Trinajstić information content (AvgIpc) is 2.90. The number of rotatable bonds is 4. The van der Waals surface area contributed by atoms with Gasteiger partial charge in [-0.15, -0.1) is 0 Å². The molecule has 0 atom stereocenters. The lowest BCUT2D eigenvalue weighted by molar-refractivity contribution is -0.385. The smallest absolute Gasteiger partial charge is 0.267 e. The molecule has 1 N–H and O–H groups in total. The van der Waals surface area contributed by atoms with Gasteiger partial charge in [-0.25, -0.2) is 0 Å². The number of thiocarbonyl (C=S) groups is 1. The van der Waals surface area contributed by atoms with Crippen LogP contribution in [0.15, 0.2) is 53.4 Å². The molecule has 3 rings (SSSR count). The molecule has 9 heteroatoms. The van der Waals surface area contributed by atoms with Gasteiger partial charge in [0.25, 0.3) is 17.5 Å². The second-order valence-corrected chi connectivity index (χ2v) is 7.32. The monoisotopic (exact) mass is 399 g/mol. The second-order valence-electron chi connectivity index (χ2n) is 5.64. The number of hydrogen-bond acceptors (Lipinski definition) is 6. The third-order valence-corrected chi connectivity index (χ3v) is 5.04. The van der Waals surface area contributed by atoms with Gasteiger partial charge in [0.05, 0.1) is 15.4 Å². The van der Waals surface area contributed by atoms with Crippen molar-refractivity contribution in [2.45, 2.75) is 6.92 Å². The maximum Gasteiger partial charge on any atom is 0.285 e. The van der Waals surface area contributed by atoms with E-state index in [9.17, 15) is 19.7 Å². The molecule has 0 unspecified atom stereocenters. The van der Waals surface area contributed by atoms with Crippen molar-refractivity contribution >= 4 is 51.9 Å². The van der Waals surface area contributed by atoms with Gasteiger partial charge >= 0.3 is 0 Å². The Balaban J connectivity index is 1.82. The van der Waals surface area contributed by atoms with Crippen LogP contribution in [0.4, 0.5) is 5.69 Å². The van der Waals surface area contributed by atoms with Crippen molar-refractivity contribution in [3.8, 4) is 0 Å². The first-order valence-electron chi connectivity index (χ1n) is 7.76. The number of nitro benzene ring substituents is 1. The van der Waals surface area contributed by atoms with Crippen molar-refractivity contribution in [2.75, 3.05) is 0 Å². The van der Waals surface area contributed by atoms with Crippen LogP contribution >= 0.6 is 24.0 Å². The predicted molar refractivity (Wildman–Crippen MR) is 107 cm³/mol. The van der Waals surface area contributed by atoms with Crippen molar-refractivity contribution in [3.63, 3.8) is 0 Å². The van der Waals surface area contributed by atoms with Gasteiger partial charge in [-0.3, -0.25) is 25.1 Å². The van der Waals surface area contributed by atoms with Gasteiger partial charge in [0.15, 0.2) is 4.32 Å². The van der Waals surface area contributed by atoms with E-state index in [4.69, 9.17) is 12.2 Å². The maximum absolute atomic E-state index is 12.6. The van der Waals surface area contributed by atoms with Crippen LogP contribution in [0, 0.1) is 17.0 Å². The zero-order chi connectivity index (χ0) is 19.6. The number of para-hydroxylation sites is 1. The van der Waals surface area contributed by atoms with E-state index in [0.717, 1.165) is 22.3 Å². The number of nitro groups is 1. The van der Waals surface area contributed by atoms with Crippen LogP contribution in [-0.2, 0) is 4.79 Å². The zero-order valence-electron chi connectivity index (χ0n) is 14.0. The van der Waals surface area contributed by atoms with Gasteiger partial charge in [-0.1, -0.05) is 41.6 Å². The number of hydrogen-bond donors (Lipinski definition) is 1. The topological polar surface area (TPSA) is 92.6 Å². The zero-order valence-corrected chi connectivity index (χ0v) is 15.7. The molecule has 0 radical (unpaired) electrons. The van der Waals surface area contributed by atoms with E-state index in [-0.39, 0.29) is 20.5 Å². The molecule has 0 saturated carbocycles. The normalized spacial score (nSPS) is 15.3. The molecule has 1 fully saturated rings. The minimum Gasteiger partial charge on any atom is -0.267 e. The Morgan fingerprint density at radius 3 is 2.56 bits per heavy atom. The molecule has 7 nitrogen and oxygen atoms in total. The van der Waals surface area contributed by atoms with E-state index in [0.29, 0.717) is 5.56 Å². The quantitative estimate of drug-likeness (QED) is 0.366. The van der Waals surface area contributed by atoms with Crippen molar-refractivity contribution in [1.29, 1.82) is 0 Å². The Morgan fingerprint density at radius 1 is 1.22 bits per heavy atom. The van der Waals surface area contributed by atoms with E-state index < -0.39 is 16.7 Å². The Hall–Kier alpha value is -3.04. The van der Waals surface area contributed by atoms with Gasteiger partial charge in [-0.2, -0.15) is 5.01 Å². The van der Waals surface area contributed by atoms with Crippen LogP contribution in [0.25, 0.3) is 6.08 Å². The number of nitrogens with zero attached hydrogens (tertiary/aromatic N) is 2. The van der Waals surface area contributed by atoms with Crippen molar-refractivity contribution in [3.05, 3.63) is 80.2 Å². The number of thioether (sulfide) groups is 1. The molecule has 136 valence electrons. The summed E-state index contributed by atoms with van der Waals surface area (Å²) >= 11 is 6.13. The number of carbonyl (C=O) groups is 2. The molecule has 2 amide bonds. The Bertz CT molecular complexity index is 986. The summed E-state index contributed by atoms with van der Waals surface area (Å²) in [5, 5.41) is 12.1. The van der Waals surface area contributed by atoms with Crippen molar-refractivity contribution < 1.29 is 14.5 Å². The highest BCUT2D eigenvalue weighted by atomic mass is 32.2. The van der Waals surface area contributed by atoms with Crippen LogP contribution in [0.2, 0.25) is 0 Å². The maximum atomic E-state index is 12.6. The first kappa shape index (κ1) is 18.7. The lowest BCUT2D eigenvalue weighted by atomic mass is 10.1. The molecule has 27 heavy (non-hydrogen) atoms. The van der Waals surface area contributed by atoms with E-state index >= 15 is 0 Å².